The minimum absolute atomic E-state index is 0.0263. The Balaban J connectivity index is 1.39. The molecule has 5 aliphatic rings. The summed E-state index contributed by atoms with van der Waals surface area (Å²) in [5.74, 6) is -1.01. The highest BCUT2D eigenvalue weighted by Crippen LogP contribution is 2.60. The highest BCUT2D eigenvalue weighted by molar-refractivity contribution is 6.03. The summed E-state index contributed by atoms with van der Waals surface area (Å²) in [7, 11) is 1.65. The number of carbonyl (C=O) groups is 3. The van der Waals surface area contributed by atoms with Gasteiger partial charge in [0, 0.05) is 36.5 Å². The Morgan fingerprint density at radius 1 is 1.28 bits per heavy atom. The number of primary amides is 1. The molecule has 1 aromatic carbocycles. The van der Waals surface area contributed by atoms with Crippen molar-refractivity contribution in [3.63, 3.8) is 0 Å². The number of hydrogen-bond acceptors (Lipinski definition) is 6. The molecule has 5 N–H and O–H groups in total. The minimum Gasteiger partial charge on any atom is -0.497 e. The van der Waals surface area contributed by atoms with E-state index in [4.69, 9.17) is 10.5 Å². The van der Waals surface area contributed by atoms with Gasteiger partial charge >= 0.3 is 0 Å². The number of carbonyl (C=O) groups excluding carboxylic acids is 3. The third-order valence-corrected chi connectivity index (χ3v) is 9.26. The Bertz CT molecular complexity index is 1180. The van der Waals surface area contributed by atoms with Crippen LogP contribution >= 0.6 is 0 Å². The van der Waals surface area contributed by atoms with Crippen LogP contribution < -0.4 is 21.1 Å². The predicted molar refractivity (Wildman–Crippen MR) is 131 cm³/mol. The van der Waals surface area contributed by atoms with E-state index in [1.165, 1.54) is 18.4 Å². The average molecular weight is 495 g/mol. The molecule has 1 aromatic rings. The number of nitrogens with two attached hydrogens (primary N) is 1. The van der Waals surface area contributed by atoms with Crippen molar-refractivity contribution in [2.24, 2.45) is 17.6 Å². The number of fused-ring (bicyclic) bond motifs is 1. The molecule has 4 atom stereocenters. The second-order valence-corrected chi connectivity index (χ2v) is 11.3. The highest BCUT2D eigenvalue weighted by Gasteiger charge is 2.65. The quantitative estimate of drug-likeness (QED) is 0.426. The number of ether oxygens (including phenoxy) is 1. The van der Waals surface area contributed by atoms with Gasteiger partial charge in [0.2, 0.25) is 17.7 Å². The number of piperidine rings is 1. The predicted octanol–water partition coefficient (Wildman–Crippen LogP) is 0.490. The Morgan fingerprint density at radius 3 is 2.81 bits per heavy atom. The first-order valence-corrected chi connectivity index (χ1v) is 13.0. The van der Waals surface area contributed by atoms with Crippen molar-refractivity contribution in [1.82, 2.24) is 15.5 Å². The highest BCUT2D eigenvalue weighted by atomic mass is 16.5. The van der Waals surface area contributed by atoms with Crippen molar-refractivity contribution in [3.05, 3.63) is 40.6 Å². The first-order chi connectivity index (χ1) is 17.2. The molecule has 192 valence electrons. The van der Waals surface area contributed by atoms with Crippen LogP contribution in [0.3, 0.4) is 0 Å². The number of hydrogen-bond donors (Lipinski definition) is 4. The summed E-state index contributed by atoms with van der Waals surface area (Å²) in [5.41, 5.74) is 7.71. The van der Waals surface area contributed by atoms with E-state index in [0.29, 0.717) is 18.8 Å². The number of nitrogens with zero attached hydrogens (tertiary/aromatic N) is 1. The Hall–Kier alpha value is -2.91. The molecule has 2 fully saturated rings. The van der Waals surface area contributed by atoms with Crippen LogP contribution in [0.15, 0.2) is 29.5 Å². The van der Waals surface area contributed by atoms with E-state index in [9.17, 15) is 19.5 Å². The summed E-state index contributed by atoms with van der Waals surface area (Å²) in [6.45, 7) is 1.61. The number of nitrogens with one attached hydrogen (secondary N) is 2. The largest absolute Gasteiger partial charge is 0.497 e. The van der Waals surface area contributed by atoms with Gasteiger partial charge in [-0.05, 0) is 73.4 Å². The Morgan fingerprint density at radius 2 is 2.08 bits per heavy atom. The van der Waals surface area contributed by atoms with Gasteiger partial charge in [0.15, 0.2) is 0 Å². The molecular formula is C27H34N4O5. The minimum atomic E-state index is -1.02. The zero-order chi connectivity index (χ0) is 25.2. The van der Waals surface area contributed by atoms with Crippen molar-refractivity contribution in [2.75, 3.05) is 26.7 Å². The summed E-state index contributed by atoms with van der Waals surface area (Å²) < 4.78 is 5.56. The smallest absolute Gasteiger partial charge is 0.237 e. The zero-order valence-corrected chi connectivity index (χ0v) is 20.6. The van der Waals surface area contributed by atoms with Crippen LogP contribution in [0.5, 0.6) is 5.75 Å². The number of allylic oxidation sites excluding steroid dienone is 1. The lowest BCUT2D eigenvalue weighted by Crippen LogP contribution is -2.73. The van der Waals surface area contributed by atoms with E-state index in [1.54, 1.807) is 7.11 Å². The van der Waals surface area contributed by atoms with Gasteiger partial charge in [-0.15, -0.1) is 0 Å². The number of rotatable bonds is 6. The lowest BCUT2D eigenvalue weighted by molar-refractivity contribution is -0.155. The number of methoxy groups -OCH3 is 1. The van der Waals surface area contributed by atoms with Gasteiger partial charge in [0.1, 0.15) is 11.7 Å². The fourth-order valence-corrected chi connectivity index (χ4v) is 7.25. The van der Waals surface area contributed by atoms with Crippen LogP contribution in [-0.2, 0) is 26.2 Å². The second-order valence-electron chi connectivity index (χ2n) is 11.3. The fourth-order valence-electron chi connectivity index (χ4n) is 7.25. The van der Waals surface area contributed by atoms with Gasteiger partial charge in [-0.1, -0.05) is 6.07 Å². The molecule has 0 spiro atoms. The number of amides is 3. The molecule has 2 aliphatic heterocycles. The van der Waals surface area contributed by atoms with E-state index in [0.717, 1.165) is 48.5 Å². The van der Waals surface area contributed by atoms with E-state index in [2.05, 4.69) is 27.7 Å². The third-order valence-electron chi connectivity index (χ3n) is 9.26. The average Bonchev–Trinajstić information content (AvgIpc) is 3.66. The maximum Gasteiger partial charge on any atom is 0.237 e. The molecule has 36 heavy (non-hydrogen) atoms. The van der Waals surface area contributed by atoms with E-state index in [1.807, 2.05) is 6.07 Å². The maximum absolute atomic E-state index is 13.0. The normalized spacial score (nSPS) is 33.1. The van der Waals surface area contributed by atoms with Crippen molar-refractivity contribution < 1.29 is 24.2 Å². The van der Waals surface area contributed by atoms with Crippen LogP contribution in [0.4, 0.5) is 0 Å². The molecule has 1 saturated heterocycles. The first kappa shape index (κ1) is 23.5. The topological polar surface area (TPSA) is 134 Å². The third kappa shape index (κ3) is 3.55. The van der Waals surface area contributed by atoms with Crippen molar-refractivity contribution in [3.8, 4) is 5.75 Å². The van der Waals surface area contributed by atoms with Crippen LogP contribution in [0.2, 0.25) is 0 Å². The molecule has 9 nitrogen and oxygen atoms in total. The van der Waals surface area contributed by atoms with E-state index >= 15 is 0 Å². The van der Waals surface area contributed by atoms with Gasteiger partial charge < -0.3 is 26.2 Å². The second kappa shape index (κ2) is 8.31. The molecule has 0 aromatic heterocycles. The number of aliphatic hydroxyl groups is 1. The molecule has 2 bridgehead atoms. The summed E-state index contributed by atoms with van der Waals surface area (Å²) >= 11 is 0. The summed E-state index contributed by atoms with van der Waals surface area (Å²) in [4.78, 5) is 39.2. The SMILES string of the molecule is COc1ccc2c(c1)[C@]13CCN(CC4CC4)[C@H](C2)[C@]1(O)CC1=C(C3)NC(=O)C(C(=O)NCC(N)=O)C1. The molecule has 0 radical (unpaired) electrons. The molecule has 3 aliphatic carbocycles. The fraction of sp³-hybridized carbons (Fsp3) is 0.593. The van der Waals surface area contributed by atoms with Gasteiger partial charge in [-0.25, -0.2) is 0 Å². The number of benzene rings is 1. The van der Waals surface area contributed by atoms with Gasteiger partial charge in [-0.2, -0.15) is 0 Å². The van der Waals surface area contributed by atoms with Crippen molar-refractivity contribution >= 4 is 17.7 Å². The zero-order valence-electron chi connectivity index (χ0n) is 20.6. The van der Waals surface area contributed by atoms with Crippen LogP contribution in [0.25, 0.3) is 0 Å². The first-order valence-electron chi connectivity index (χ1n) is 13.0. The summed E-state index contributed by atoms with van der Waals surface area (Å²) in [6, 6.07) is 6.17. The van der Waals surface area contributed by atoms with E-state index in [-0.39, 0.29) is 24.9 Å². The van der Waals surface area contributed by atoms with Crippen LogP contribution in [0, 0.1) is 11.8 Å². The molecule has 3 amide bonds. The molecule has 9 heteroatoms. The van der Waals surface area contributed by atoms with Gasteiger partial charge in [0.05, 0.1) is 19.3 Å². The standard InChI is InChI=1S/C27H34N4O5/c1-36-18-5-4-16-9-22-27(35)11-17-8-19(24(33)29-13-23(28)32)25(34)30-21(17)12-26(27,20(16)10-18)6-7-31(22)14-15-2-3-15/h4-5,10,15,19,22,35H,2-3,6-9,11-14H2,1H3,(H2,28,32)(H,29,33)(H,30,34)/t19?,22-,26-,27-/m1/s1. The summed E-state index contributed by atoms with van der Waals surface area (Å²) in [6.07, 6.45) is 5.24. The molecular weight excluding hydrogens is 460 g/mol. The molecule has 2 heterocycles. The monoisotopic (exact) mass is 494 g/mol. The van der Waals surface area contributed by atoms with Gasteiger partial charge in [0.25, 0.3) is 0 Å². The lowest BCUT2D eigenvalue weighted by atomic mass is 9.49. The van der Waals surface area contributed by atoms with Gasteiger partial charge in [-0.3, -0.25) is 19.3 Å². The van der Waals surface area contributed by atoms with Crippen LogP contribution in [0.1, 0.15) is 49.7 Å². The Kier molecular flexibility index (Phi) is 5.42. The maximum atomic E-state index is 13.0. The van der Waals surface area contributed by atoms with Crippen molar-refractivity contribution in [1.29, 1.82) is 0 Å². The summed E-state index contributed by atoms with van der Waals surface area (Å²) in [5, 5.41) is 18.2. The number of likely N-dealkylation sites (tertiary alicyclic amines) is 1. The molecule has 1 saturated carbocycles. The molecule has 1 unspecified atom stereocenters. The lowest BCUT2D eigenvalue weighted by Gasteiger charge is -2.64. The van der Waals surface area contributed by atoms with E-state index < -0.39 is 28.7 Å². The van der Waals surface area contributed by atoms with Crippen molar-refractivity contribution in [2.45, 2.75) is 62.0 Å². The van der Waals surface area contributed by atoms with Crippen LogP contribution in [-0.4, -0.2) is 66.1 Å². The Labute approximate surface area is 210 Å². The molecule has 6 rings (SSSR count).